The average Bonchev–Trinajstić information content (AvgIpc) is 2.87. The van der Waals surface area contributed by atoms with Gasteiger partial charge in [-0.2, -0.15) is 5.10 Å². The van der Waals surface area contributed by atoms with Crippen LogP contribution in [0.25, 0.3) is 11.0 Å². The van der Waals surface area contributed by atoms with E-state index in [0.29, 0.717) is 11.3 Å². The number of hydrogen-bond acceptors (Lipinski definition) is 3. The summed E-state index contributed by atoms with van der Waals surface area (Å²) in [7, 11) is 0. The van der Waals surface area contributed by atoms with Gasteiger partial charge in [-0.25, -0.2) is 5.43 Å². The SMILES string of the molecule is Cc1cc(C)c(/C=N\NC(=O)c2oc3ccccc3c2C)c(C)c1. The summed E-state index contributed by atoms with van der Waals surface area (Å²) in [6.07, 6.45) is 1.68. The van der Waals surface area contributed by atoms with E-state index in [2.05, 4.69) is 29.6 Å². The van der Waals surface area contributed by atoms with Crippen LogP contribution < -0.4 is 5.43 Å². The number of nitrogens with zero attached hydrogens (tertiary/aromatic N) is 1. The molecule has 2 aromatic carbocycles. The summed E-state index contributed by atoms with van der Waals surface area (Å²) in [5, 5.41) is 5.04. The van der Waals surface area contributed by atoms with E-state index in [1.165, 1.54) is 5.56 Å². The van der Waals surface area contributed by atoms with Crippen molar-refractivity contribution in [2.45, 2.75) is 27.7 Å². The maximum absolute atomic E-state index is 12.3. The monoisotopic (exact) mass is 320 g/mol. The zero-order valence-electron chi connectivity index (χ0n) is 14.3. The molecule has 0 saturated heterocycles. The van der Waals surface area contributed by atoms with E-state index < -0.39 is 0 Å². The zero-order chi connectivity index (χ0) is 17.3. The van der Waals surface area contributed by atoms with Crippen LogP contribution in [0.1, 0.15) is 38.4 Å². The number of fused-ring (bicyclic) bond motifs is 1. The van der Waals surface area contributed by atoms with E-state index >= 15 is 0 Å². The Morgan fingerprint density at radius 1 is 1.08 bits per heavy atom. The van der Waals surface area contributed by atoms with Crippen molar-refractivity contribution >= 4 is 23.1 Å². The molecule has 0 aliphatic rings. The largest absolute Gasteiger partial charge is 0.451 e. The Labute approximate surface area is 141 Å². The quantitative estimate of drug-likeness (QED) is 0.573. The van der Waals surface area contributed by atoms with Gasteiger partial charge in [-0.3, -0.25) is 4.79 Å². The Morgan fingerprint density at radius 2 is 1.75 bits per heavy atom. The molecule has 0 atom stereocenters. The lowest BCUT2D eigenvalue weighted by Crippen LogP contribution is -2.18. The second-order valence-electron chi connectivity index (χ2n) is 6.06. The van der Waals surface area contributed by atoms with E-state index in [9.17, 15) is 4.79 Å². The molecule has 0 aliphatic heterocycles. The van der Waals surface area contributed by atoms with E-state index in [-0.39, 0.29) is 5.91 Å². The summed E-state index contributed by atoms with van der Waals surface area (Å²) < 4.78 is 5.64. The molecule has 0 radical (unpaired) electrons. The summed E-state index contributed by atoms with van der Waals surface area (Å²) in [6, 6.07) is 11.8. The lowest BCUT2D eigenvalue weighted by Gasteiger charge is -2.06. The van der Waals surface area contributed by atoms with Gasteiger partial charge in [0.25, 0.3) is 0 Å². The number of furan rings is 1. The third-order valence-corrected chi connectivity index (χ3v) is 4.15. The minimum atomic E-state index is -0.345. The molecule has 3 rings (SSSR count). The van der Waals surface area contributed by atoms with Crippen LogP contribution >= 0.6 is 0 Å². The van der Waals surface area contributed by atoms with Crippen LogP contribution in [-0.4, -0.2) is 12.1 Å². The van der Waals surface area contributed by atoms with Gasteiger partial charge in [-0.1, -0.05) is 35.9 Å². The molecule has 0 aliphatic carbocycles. The predicted octanol–water partition coefficient (Wildman–Crippen LogP) is 4.43. The molecule has 1 aromatic heterocycles. The van der Waals surface area contributed by atoms with Crippen molar-refractivity contribution in [3.8, 4) is 0 Å². The molecule has 0 spiro atoms. The Hall–Kier alpha value is -2.88. The van der Waals surface area contributed by atoms with Gasteiger partial charge in [-0.05, 0) is 44.9 Å². The third kappa shape index (κ3) is 2.95. The summed E-state index contributed by atoms with van der Waals surface area (Å²) in [5.74, 6) is -0.0481. The van der Waals surface area contributed by atoms with Crippen LogP contribution in [0.15, 0.2) is 45.9 Å². The summed E-state index contributed by atoms with van der Waals surface area (Å²) in [6.45, 7) is 8.00. The van der Waals surface area contributed by atoms with Crippen molar-refractivity contribution in [3.05, 3.63) is 70.0 Å². The van der Waals surface area contributed by atoms with Gasteiger partial charge in [0.15, 0.2) is 5.76 Å². The molecule has 3 aromatic rings. The fourth-order valence-corrected chi connectivity index (χ4v) is 2.99. The Bertz CT molecular complexity index is 928. The number of carbonyl (C=O) groups excluding carboxylic acids is 1. The number of hydrazone groups is 1. The topological polar surface area (TPSA) is 54.6 Å². The fourth-order valence-electron chi connectivity index (χ4n) is 2.99. The molecule has 0 saturated carbocycles. The first-order valence-corrected chi connectivity index (χ1v) is 7.86. The van der Waals surface area contributed by atoms with Crippen LogP contribution in [0.5, 0.6) is 0 Å². The first-order valence-electron chi connectivity index (χ1n) is 7.86. The molecule has 4 nitrogen and oxygen atoms in total. The lowest BCUT2D eigenvalue weighted by molar-refractivity contribution is 0.0929. The van der Waals surface area contributed by atoms with Crippen molar-refractivity contribution in [3.63, 3.8) is 0 Å². The summed E-state index contributed by atoms with van der Waals surface area (Å²) in [4.78, 5) is 12.3. The fraction of sp³-hybridized carbons (Fsp3) is 0.200. The lowest BCUT2D eigenvalue weighted by atomic mass is 10.0. The highest BCUT2D eigenvalue weighted by molar-refractivity contribution is 5.99. The molecule has 0 unspecified atom stereocenters. The molecule has 122 valence electrons. The van der Waals surface area contributed by atoms with Gasteiger partial charge in [-0.15, -0.1) is 0 Å². The minimum absolute atomic E-state index is 0.297. The molecule has 1 N–H and O–H groups in total. The molecule has 1 amide bonds. The Morgan fingerprint density at radius 3 is 2.42 bits per heavy atom. The van der Waals surface area contributed by atoms with E-state index in [0.717, 1.165) is 27.6 Å². The molecule has 0 fully saturated rings. The number of nitrogens with one attached hydrogen (secondary N) is 1. The van der Waals surface area contributed by atoms with Crippen LogP contribution in [0.2, 0.25) is 0 Å². The van der Waals surface area contributed by atoms with Crippen molar-refractivity contribution in [2.24, 2.45) is 5.10 Å². The number of amides is 1. The van der Waals surface area contributed by atoms with E-state index in [1.54, 1.807) is 6.21 Å². The Balaban J connectivity index is 1.81. The van der Waals surface area contributed by atoms with Gasteiger partial charge >= 0.3 is 5.91 Å². The summed E-state index contributed by atoms with van der Waals surface area (Å²) in [5.41, 5.74) is 8.57. The molecule has 24 heavy (non-hydrogen) atoms. The van der Waals surface area contributed by atoms with Gasteiger partial charge in [0.1, 0.15) is 5.58 Å². The standard InChI is InChI=1S/C20H20N2O2/c1-12-9-13(2)17(14(3)10-12)11-21-22-20(23)19-15(4)16-7-5-6-8-18(16)24-19/h5-11H,1-4H3,(H,22,23)/b21-11-. The number of carbonyl (C=O) groups is 1. The highest BCUT2D eigenvalue weighted by atomic mass is 16.3. The highest BCUT2D eigenvalue weighted by Gasteiger charge is 2.16. The third-order valence-electron chi connectivity index (χ3n) is 4.15. The Kier molecular flexibility index (Phi) is 4.21. The van der Waals surface area contributed by atoms with E-state index in [1.807, 2.05) is 45.0 Å². The van der Waals surface area contributed by atoms with Gasteiger partial charge < -0.3 is 4.42 Å². The van der Waals surface area contributed by atoms with Crippen molar-refractivity contribution in [1.82, 2.24) is 5.43 Å². The van der Waals surface area contributed by atoms with Crippen molar-refractivity contribution < 1.29 is 9.21 Å². The number of aryl methyl sites for hydroxylation is 4. The van der Waals surface area contributed by atoms with Crippen LogP contribution in [0.3, 0.4) is 0 Å². The van der Waals surface area contributed by atoms with Crippen LogP contribution in [-0.2, 0) is 0 Å². The molecule has 4 heteroatoms. The number of rotatable bonds is 3. The van der Waals surface area contributed by atoms with Crippen molar-refractivity contribution in [2.75, 3.05) is 0 Å². The number of benzene rings is 2. The molecular weight excluding hydrogens is 300 g/mol. The van der Waals surface area contributed by atoms with Crippen LogP contribution in [0.4, 0.5) is 0 Å². The normalized spacial score (nSPS) is 11.3. The molecular formula is C20H20N2O2. The first-order chi connectivity index (χ1) is 11.5. The highest BCUT2D eigenvalue weighted by Crippen LogP contribution is 2.24. The number of para-hydroxylation sites is 1. The van der Waals surface area contributed by atoms with Crippen molar-refractivity contribution in [1.29, 1.82) is 0 Å². The molecule has 1 heterocycles. The first kappa shape index (κ1) is 16.0. The second-order valence-corrected chi connectivity index (χ2v) is 6.06. The predicted molar refractivity (Wildman–Crippen MR) is 96.7 cm³/mol. The average molecular weight is 320 g/mol. The maximum Gasteiger partial charge on any atom is 0.307 e. The smallest absolute Gasteiger partial charge is 0.307 e. The second kappa shape index (κ2) is 6.32. The number of hydrogen-bond donors (Lipinski definition) is 1. The zero-order valence-corrected chi connectivity index (χ0v) is 14.3. The van der Waals surface area contributed by atoms with Gasteiger partial charge in [0, 0.05) is 16.5 Å². The molecule has 0 bridgehead atoms. The van der Waals surface area contributed by atoms with Gasteiger partial charge in [0.2, 0.25) is 0 Å². The minimum Gasteiger partial charge on any atom is -0.451 e. The maximum atomic E-state index is 12.3. The van der Waals surface area contributed by atoms with Crippen LogP contribution in [0, 0.1) is 27.7 Å². The van der Waals surface area contributed by atoms with Gasteiger partial charge in [0.05, 0.1) is 6.21 Å². The van der Waals surface area contributed by atoms with E-state index in [4.69, 9.17) is 4.42 Å². The summed E-state index contributed by atoms with van der Waals surface area (Å²) >= 11 is 0.